The topological polar surface area (TPSA) is 35.5 Å². The molecule has 0 aliphatic carbocycles. The highest BCUT2D eigenvalue weighted by Crippen LogP contribution is 2.39. The van der Waals surface area contributed by atoms with Crippen molar-refractivity contribution in [2.24, 2.45) is 0 Å². The van der Waals surface area contributed by atoms with Gasteiger partial charge in [0.25, 0.3) is 0 Å². The average molecular weight is 304 g/mol. The summed E-state index contributed by atoms with van der Waals surface area (Å²) in [5, 5.41) is 1.09. The summed E-state index contributed by atoms with van der Waals surface area (Å²) < 4.78 is 11.0. The van der Waals surface area contributed by atoms with Gasteiger partial charge in [-0.05, 0) is 42.0 Å². The number of ether oxygens (including phenoxy) is 2. The van der Waals surface area contributed by atoms with Crippen molar-refractivity contribution in [3.63, 3.8) is 0 Å². The molecule has 0 bridgehead atoms. The highest BCUT2D eigenvalue weighted by molar-refractivity contribution is 7.40. The maximum atomic E-state index is 11.5. The molecule has 0 aliphatic heterocycles. The van der Waals surface area contributed by atoms with Crippen LogP contribution >= 0.6 is 22.7 Å². The highest BCUT2D eigenvalue weighted by atomic mass is 32.2. The van der Waals surface area contributed by atoms with E-state index in [-0.39, 0.29) is 5.97 Å². The maximum Gasteiger partial charge on any atom is 0.348 e. The van der Waals surface area contributed by atoms with Gasteiger partial charge >= 0.3 is 5.97 Å². The van der Waals surface area contributed by atoms with Crippen molar-refractivity contribution < 1.29 is 14.3 Å². The van der Waals surface area contributed by atoms with E-state index in [4.69, 9.17) is 9.47 Å². The lowest BCUT2D eigenvalue weighted by Gasteiger charge is -2.00. The molecule has 0 saturated heterocycles. The third-order valence-electron chi connectivity index (χ3n) is 2.98. The van der Waals surface area contributed by atoms with Gasteiger partial charge in [-0.25, -0.2) is 4.79 Å². The van der Waals surface area contributed by atoms with E-state index in [2.05, 4.69) is 6.07 Å². The number of carbonyl (C=O) groups excluding carboxylic acids is 1. The number of hydrogen-bond donors (Lipinski definition) is 0. The molecule has 0 amide bonds. The van der Waals surface area contributed by atoms with Crippen molar-refractivity contribution in [3.8, 4) is 16.2 Å². The minimum atomic E-state index is -0.274. The first kappa shape index (κ1) is 13.1. The minimum Gasteiger partial charge on any atom is -0.497 e. The second-order valence-electron chi connectivity index (χ2n) is 4.18. The number of thiophene rings is 2. The zero-order chi connectivity index (χ0) is 14.1. The van der Waals surface area contributed by atoms with Gasteiger partial charge in [-0.15, -0.1) is 22.7 Å². The van der Waals surface area contributed by atoms with Crippen molar-refractivity contribution in [3.05, 3.63) is 41.3 Å². The molecular weight excluding hydrogens is 292 g/mol. The molecule has 0 unspecified atom stereocenters. The Balaban J connectivity index is 1.96. The summed E-state index contributed by atoms with van der Waals surface area (Å²) in [6.07, 6.45) is 0. The van der Waals surface area contributed by atoms with E-state index < -0.39 is 0 Å². The summed E-state index contributed by atoms with van der Waals surface area (Å²) >= 11 is 3.15. The van der Waals surface area contributed by atoms with Gasteiger partial charge in [0.05, 0.1) is 18.2 Å². The highest BCUT2D eigenvalue weighted by Gasteiger charge is 2.13. The number of fused-ring (bicyclic) bond motifs is 1. The second-order valence-corrected chi connectivity index (χ2v) is 6.55. The Kier molecular flexibility index (Phi) is 3.46. The third-order valence-corrected chi connectivity index (χ3v) is 5.40. The molecule has 2 heterocycles. The Hall–Kier alpha value is -1.85. The van der Waals surface area contributed by atoms with Crippen LogP contribution in [0.15, 0.2) is 36.4 Å². The predicted molar refractivity (Wildman–Crippen MR) is 83.0 cm³/mol. The molecule has 5 heteroatoms. The smallest absolute Gasteiger partial charge is 0.348 e. The van der Waals surface area contributed by atoms with E-state index >= 15 is 0 Å². The number of esters is 1. The number of carbonyl (C=O) groups is 1. The van der Waals surface area contributed by atoms with Gasteiger partial charge in [0.15, 0.2) is 0 Å². The fraction of sp³-hybridized carbons (Fsp3) is 0.133. The molecule has 0 atom stereocenters. The van der Waals surface area contributed by atoms with E-state index in [0.717, 1.165) is 20.7 Å². The summed E-state index contributed by atoms with van der Waals surface area (Å²) in [5.41, 5.74) is 1.15. The maximum absolute atomic E-state index is 11.5. The SMILES string of the molecule is COC(=O)c1cc2cc(-c3ccc(OC)cc3)sc2s1. The number of methoxy groups -OCH3 is 2. The molecule has 1 aromatic carbocycles. The van der Waals surface area contributed by atoms with Crippen molar-refractivity contribution >= 4 is 38.0 Å². The fourth-order valence-corrected chi connectivity index (χ4v) is 4.31. The molecule has 0 fully saturated rings. The summed E-state index contributed by atoms with van der Waals surface area (Å²) in [6, 6.07) is 12.0. The molecule has 3 rings (SSSR count). The van der Waals surface area contributed by atoms with E-state index in [1.165, 1.54) is 23.3 Å². The first-order valence-corrected chi connectivity index (χ1v) is 7.60. The van der Waals surface area contributed by atoms with Crippen molar-refractivity contribution in [2.45, 2.75) is 0 Å². The first-order chi connectivity index (χ1) is 9.71. The summed E-state index contributed by atoms with van der Waals surface area (Å²) in [7, 11) is 3.06. The normalized spacial score (nSPS) is 10.7. The van der Waals surface area contributed by atoms with E-state index in [0.29, 0.717) is 4.88 Å². The van der Waals surface area contributed by atoms with E-state index in [1.54, 1.807) is 18.4 Å². The Morgan fingerprint density at radius 1 is 1.05 bits per heavy atom. The van der Waals surface area contributed by atoms with Gasteiger partial charge in [0.1, 0.15) is 10.6 Å². The summed E-state index contributed by atoms with van der Waals surface area (Å²) in [4.78, 5) is 13.3. The van der Waals surface area contributed by atoms with Crippen molar-refractivity contribution in [2.75, 3.05) is 14.2 Å². The quantitative estimate of drug-likeness (QED) is 0.672. The van der Waals surface area contributed by atoms with Gasteiger partial charge in [0, 0.05) is 10.3 Å². The van der Waals surface area contributed by atoms with Crippen LogP contribution in [0.3, 0.4) is 0 Å². The predicted octanol–water partition coefficient (Wildman–Crippen LogP) is 4.43. The van der Waals surface area contributed by atoms with Gasteiger partial charge in [0.2, 0.25) is 0 Å². The van der Waals surface area contributed by atoms with Crippen LogP contribution in [-0.2, 0) is 4.74 Å². The number of rotatable bonds is 3. The molecular formula is C15H12O3S2. The van der Waals surface area contributed by atoms with E-state index in [9.17, 15) is 4.79 Å². The summed E-state index contributed by atoms with van der Waals surface area (Å²) in [6.45, 7) is 0. The monoisotopic (exact) mass is 304 g/mol. The molecule has 2 aromatic heterocycles. The molecule has 0 radical (unpaired) electrons. The van der Waals surface area contributed by atoms with E-state index in [1.807, 2.05) is 30.3 Å². The lowest BCUT2D eigenvalue weighted by molar-refractivity contribution is 0.0606. The Bertz CT molecular complexity index is 722. The van der Waals surface area contributed by atoms with Gasteiger partial charge in [-0.2, -0.15) is 0 Å². The van der Waals surface area contributed by atoms with Gasteiger partial charge in [-0.3, -0.25) is 0 Å². The van der Waals surface area contributed by atoms with Crippen LogP contribution < -0.4 is 4.74 Å². The third kappa shape index (κ3) is 2.30. The van der Waals surface area contributed by atoms with Crippen LogP contribution in [0.25, 0.3) is 19.8 Å². The molecule has 102 valence electrons. The zero-order valence-electron chi connectivity index (χ0n) is 11.0. The Labute approximate surface area is 124 Å². The number of hydrogen-bond acceptors (Lipinski definition) is 5. The van der Waals surface area contributed by atoms with Gasteiger partial charge < -0.3 is 9.47 Å². The lowest BCUT2D eigenvalue weighted by atomic mass is 10.2. The van der Waals surface area contributed by atoms with Crippen LogP contribution in [0.5, 0.6) is 5.75 Å². The molecule has 3 nitrogen and oxygen atoms in total. The first-order valence-electron chi connectivity index (χ1n) is 5.97. The Morgan fingerprint density at radius 2 is 1.80 bits per heavy atom. The van der Waals surface area contributed by atoms with Gasteiger partial charge in [-0.1, -0.05) is 0 Å². The van der Waals surface area contributed by atoms with Crippen molar-refractivity contribution in [1.82, 2.24) is 0 Å². The van der Waals surface area contributed by atoms with Crippen molar-refractivity contribution in [1.29, 1.82) is 0 Å². The molecule has 0 aliphatic rings. The largest absolute Gasteiger partial charge is 0.497 e. The molecule has 0 saturated carbocycles. The molecule has 3 aromatic rings. The van der Waals surface area contributed by atoms with Crippen LogP contribution in [0.1, 0.15) is 9.67 Å². The zero-order valence-corrected chi connectivity index (χ0v) is 12.6. The minimum absolute atomic E-state index is 0.274. The summed E-state index contributed by atoms with van der Waals surface area (Å²) in [5.74, 6) is 0.574. The second kappa shape index (κ2) is 5.26. The molecule has 0 spiro atoms. The molecule has 0 N–H and O–H groups in total. The number of benzene rings is 1. The van der Waals surface area contributed by atoms with Crippen LogP contribution in [0.4, 0.5) is 0 Å². The lowest BCUT2D eigenvalue weighted by Crippen LogP contribution is -1.96. The average Bonchev–Trinajstić information content (AvgIpc) is 3.05. The molecule has 20 heavy (non-hydrogen) atoms. The van der Waals surface area contributed by atoms with Crippen LogP contribution in [0.2, 0.25) is 0 Å². The van der Waals surface area contributed by atoms with Crippen LogP contribution in [0, 0.1) is 0 Å². The standard InChI is InChI=1S/C15H12O3S2/c1-17-11-5-3-9(4-6-11)12-7-10-8-13(14(16)18-2)20-15(10)19-12/h3-8H,1-2H3. The van der Waals surface area contributed by atoms with Crippen LogP contribution in [-0.4, -0.2) is 20.2 Å². The Morgan fingerprint density at radius 3 is 2.40 bits per heavy atom. The fourth-order valence-electron chi connectivity index (χ4n) is 1.94.